The van der Waals surface area contributed by atoms with E-state index in [-0.39, 0.29) is 37.0 Å². The van der Waals surface area contributed by atoms with Crippen LogP contribution in [0.3, 0.4) is 0 Å². The van der Waals surface area contributed by atoms with E-state index in [4.69, 9.17) is 0 Å². The Morgan fingerprint density at radius 2 is 1.71 bits per heavy atom. The Labute approximate surface area is 123 Å². The van der Waals surface area contributed by atoms with Crippen LogP contribution in [0.2, 0.25) is 0 Å². The number of nitrogens with one attached hydrogen (secondary N) is 1. The Hall–Kier alpha value is -1.45. The highest BCUT2D eigenvalue weighted by Gasteiger charge is 2.52. The molecular formula is C17H21F2NO. The van der Waals surface area contributed by atoms with Crippen LogP contribution in [0.15, 0.2) is 18.2 Å². The summed E-state index contributed by atoms with van der Waals surface area (Å²) in [5.41, 5.74) is 2.06. The van der Waals surface area contributed by atoms with Gasteiger partial charge in [-0.3, -0.25) is 4.79 Å². The van der Waals surface area contributed by atoms with E-state index in [1.807, 2.05) is 18.2 Å². The first-order chi connectivity index (χ1) is 9.64. The van der Waals surface area contributed by atoms with Gasteiger partial charge in [0.1, 0.15) is 0 Å². The largest absolute Gasteiger partial charge is 0.325 e. The molecule has 0 saturated heterocycles. The molecule has 1 fully saturated rings. The van der Waals surface area contributed by atoms with Gasteiger partial charge in [0, 0.05) is 18.5 Å². The summed E-state index contributed by atoms with van der Waals surface area (Å²) in [6.07, 6.45) is 0.0398. The quantitative estimate of drug-likeness (QED) is 0.755. The van der Waals surface area contributed by atoms with E-state index in [0.29, 0.717) is 0 Å². The first kappa shape index (κ1) is 14.5. The van der Waals surface area contributed by atoms with Gasteiger partial charge in [0.05, 0.1) is 5.41 Å². The molecule has 0 unspecified atom stereocenters. The number of hydrogen-bond donors (Lipinski definition) is 1. The smallest absolute Gasteiger partial charge is 0.248 e. The van der Waals surface area contributed by atoms with Gasteiger partial charge in [-0.15, -0.1) is 0 Å². The Morgan fingerprint density at radius 1 is 1.10 bits per heavy atom. The second kappa shape index (κ2) is 4.28. The molecule has 4 heteroatoms. The summed E-state index contributed by atoms with van der Waals surface area (Å²) >= 11 is 0. The minimum atomic E-state index is -2.63. The van der Waals surface area contributed by atoms with Crippen LogP contribution in [0, 0.1) is 0 Å². The van der Waals surface area contributed by atoms with E-state index >= 15 is 0 Å². The van der Waals surface area contributed by atoms with Gasteiger partial charge >= 0.3 is 0 Å². The van der Waals surface area contributed by atoms with Crippen LogP contribution in [-0.2, 0) is 15.6 Å². The van der Waals surface area contributed by atoms with E-state index in [0.717, 1.165) is 16.8 Å². The van der Waals surface area contributed by atoms with Crippen molar-refractivity contribution in [3.05, 3.63) is 29.3 Å². The predicted octanol–water partition coefficient (Wildman–Crippen LogP) is 4.38. The molecule has 0 bridgehead atoms. The van der Waals surface area contributed by atoms with E-state index in [2.05, 4.69) is 26.1 Å². The number of halogens is 2. The van der Waals surface area contributed by atoms with Crippen molar-refractivity contribution >= 4 is 11.6 Å². The summed E-state index contributed by atoms with van der Waals surface area (Å²) in [4.78, 5) is 12.4. The van der Waals surface area contributed by atoms with E-state index in [1.54, 1.807) is 0 Å². The van der Waals surface area contributed by atoms with Crippen LogP contribution in [0.4, 0.5) is 14.5 Å². The molecule has 0 radical (unpaired) electrons. The summed E-state index contributed by atoms with van der Waals surface area (Å²) in [6, 6.07) is 5.96. The van der Waals surface area contributed by atoms with Gasteiger partial charge in [-0.25, -0.2) is 8.78 Å². The second-order valence-electron chi connectivity index (χ2n) is 7.40. The van der Waals surface area contributed by atoms with Gasteiger partial charge in [-0.1, -0.05) is 32.9 Å². The maximum absolute atomic E-state index is 13.5. The fourth-order valence-corrected chi connectivity index (χ4v) is 3.42. The topological polar surface area (TPSA) is 29.1 Å². The van der Waals surface area contributed by atoms with Crippen molar-refractivity contribution in [2.24, 2.45) is 0 Å². The van der Waals surface area contributed by atoms with Gasteiger partial charge in [-0.2, -0.15) is 0 Å². The van der Waals surface area contributed by atoms with Crippen molar-refractivity contribution in [2.75, 3.05) is 5.32 Å². The monoisotopic (exact) mass is 293 g/mol. The summed E-state index contributed by atoms with van der Waals surface area (Å²) in [5, 5.41) is 2.88. The van der Waals surface area contributed by atoms with Gasteiger partial charge in [0.25, 0.3) is 0 Å². The molecule has 1 heterocycles. The lowest BCUT2D eigenvalue weighted by atomic mass is 9.68. The lowest BCUT2D eigenvalue weighted by molar-refractivity contribution is -0.125. The Kier molecular flexibility index (Phi) is 2.95. The zero-order valence-electron chi connectivity index (χ0n) is 12.7. The van der Waals surface area contributed by atoms with Gasteiger partial charge in [0.15, 0.2) is 0 Å². The van der Waals surface area contributed by atoms with Crippen molar-refractivity contribution in [3.63, 3.8) is 0 Å². The van der Waals surface area contributed by atoms with Gasteiger partial charge < -0.3 is 5.32 Å². The molecule has 1 aromatic carbocycles. The number of rotatable bonds is 0. The predicted molar refractivity (Wildman–Crippen MR) is 78.9 cm³/mol. The molecule has 2 aliphatic rings. The molecule has 1 aliphatic heterocycles. The van der Waals surface area contributed by atoms with Crippen molar-refractivity contribution in [1.29, 1.82) is 0 Å². The molecule has 3 rings (SSSR count). The van der Waals surface area contributed by atoms with E-state index in [9.17, 15) is 13.6 Å². The fourth-order valence-electron chi connectivity index (χ4n) is 3.42. The van der Waals surface area contributed by atoms with Crippen LogP contribution in [0.25, 0.3) is 0 Å². The number of amides is 1. The normalized spacial score (nSPS) is 23.0. The van der Waals surface area contributed by atoms with Crippen molar-refractivity contribution < 1.29 is 13.6 Å². The average molecular weight is 293 g/mol. The Bertz CT molecular complexity index is 591. The first-order valence-corrected chi connectivity index (χ1v) is 7.48. The van der Waals surface area contributed by atoms with E-state index < -0.39 is 11.3 Å². The van der Waals surface area contributed by atoms with Crippen molar-refractivity contribution in [3.8, 4) is 0 Å². The van der Waals surface area contributed by atoms with Crippen molar-refractivity contribution in [2.45, 2.75) is 63.2 Å². The van der Waals surface area contributed by atoms with Crippen molar-refractivity contribution in [1.82, 2.24) is 0 Å². The van der Waals surface area contributed by atoms with Crippen LogP contribution in [0.5, 0.6) is 0 Å². The summed E-state index contributed by atoms with van der Waals surface area (Å²) in [7, 11) is 0. The molecule has 1 N–H and O–H groups in total. The molecule has 21 heavy (non-hydrogen) atoms. The third-order valence-electron chi connectivity index (χ3n) is 4.92. The number of anilines is 1. The highest BCUT2D eigenvalue weighted by molar-refractivity contribution is 6.06. The Balaban J connectivity index is 2.05. The van der Waals surface area contributed by atoms with Crippen LogP contribution in [0.1, 0.15) is 57.6 Å². The summed E-state index contributed by atoms with van der Waals surface area (Å²) in [5.74, 6) is -2.74. The molecule has 1 aliphatic carbocycles. The molecule has 114 valence electrons. The number of carbonyl (C=O) groups excluding carboxylic acids is 1. The fraction of sp³-hybridized carbons (Fsp3) is 0.588. The zero-order chi connectivity index (χ0) is 15.5. The number of alkyl halides is 2. The minimum Gasteiger partial charge on any atom is -0.325 e. The van der Waals surface area contributed by atoms with Gasteiger partial charge in [-0.05, 0) is 35.4 Å². The maximum Gasteiger partial charge on any atom is 0.248 e. The third-order valence-corrected chi connectivity index (χ3v) is 4.92. The van der Waals surface area contributed by atoms with Crippen LogP contribution in [-0.4, -0.2) is 11.8 Å². The second-order valence-corrected chi connectivity index (χ2v) is 7.40. The first-order valence-electron chi connectivity index (χ1n) is 7.48. The van der Waals surface area contributed by atoms with Gasteiger partial charge in [0.2, 0.25) is 11.8 Å². The lowest BCUT2D eigenvalue weighted by Gasteiger charge is -2.36. The molecule has 1 spiro atoms. The molecule has 1 aromatic rings. The van der Waals surface area contributed by atoms with Crippen LogP contribution >= 0.6 is 0 Å². The number of fused-ring (bicyclic) bond motifs is 2. The summed E-state index contributed by atoms with van der Waals surface area (Å²) in [6.45, 7) is 6.34. The molecule has 1 amide bonds. The number of carbonyl (C=O) groups is 1. The molecule has 2 nitrogen and oxygen atoms in total. The lowest BCUT2D eigenvalue weighted by Crippen LogP contribution is -2.41. The van der Waals surface area contributed by atoms with E-state index in [1.165, 1.54) is 0 Å². The third kappa shape index (κ3) is 2.25. The highest BCUT2D eigenvalue weighted by atomic mass is 19.3. The summed E-state index contributed by atoms with van der Waals surface area (Å²) < 4.78 is 27.0. The number of benzene rings is 1. The molecule has 0 aromatic heterocycles. The standard InChI is InChI=1S/C17H21F2NO/c1-15(2,3)11-4-5-13-12(10-11)16(14(21)20-13)6-8-17(18,19)9-7-16/h4-5,10H,6-9H2,1-3H3,(H,20,21). The maximum atomic E-state index is 13.5. The zero-order valence-corrected chi connectivity index (χ0v) is 12.7. The highest BCUT2D eigenvalue weighted by Crippen LogP contribution is 2.51. The molecule has 1 saturated carbocycles. The molecule has 0 atom stereocenters. The van der Waals surface area contributed by atoms with Crippen LogP contribution < -0.4 is 5.32 Å². The molecular weight excluding hydrogens is 272 g/mol. The Morgan fingerprint density at radius 3 is 2.29 bits per heavy atom. The number of hydrogen-bond acceptors (Lipinski definition) is 1. The SMILES string of the molecule is CC(C)(C)c1ccc2c(c1)C1(CCC(F)(F)CC1)C(=O)N2. The minimum absolute atomic E-state index is 0.0273. The average Bonchev–Trinajstić information content (AvgIpc) is 2.64.